The van der Waals surface area contributed by atoms with Crippen LogP contribution in [0, 0.1) is 0 Å². The Balaban J connectivity index is 1.85. The molecule has 2 aromatic rings. The maximum Gasteiger partial charge on any atom is 0.317 e. The van der Waals surface area contributed by atoms with Crippen molar-refractivity contribution in [1.82, 2.24) is 10.2 Å². The molecule has 0 spiro atoms. The molecule has 0 bridgehead atoms. The van der Waals surface area contributed by atoms with Crippen LogP contribution in [0.2, 0.25) is 0 Å². The lowest BCUT2D eigenvalue weighted by molar-refractivity contribution is 0.207. The van der Waals surface area contributed by atoms with Gasteiger partial charge in [0.05, 0.1) is 14.2 Å². The van der Waals surface area contributed by atoms with Gasteiger partial charge in [0.25, 0.3) is 0 Å². The molecule has 124 valence electrons. The van der Waals surface area contributed by atoms with Gasteiger partial charge in [-0.2, -0.15) is 0 Å². The van der Waals surface area contributed by atoms with Gasteiger partial charge in [0.2, 0.25) is 0 Å². The average Bonchev–Trinajstić information content (AvgIpc) is 3.07. The van der Waals surface area contributed by atoms with Crippen LogP contribution in [-0.2, 0) is 13.0 Å². The van der Waals surface area contributed by atoms with E-state index in [1.54, 1.807) is 37.5 Å². The standard InChI is InChI=1S/C17H22N2O3S/c1-19(17(20)18-9-8-14-5-4-10-23-14)12-13-6-7-15(21-2)16(11-13)22-3/h4-7,10-11H,8-9,12H2,1-3H3,(H,18,20). The first-order chi connectivity index (χ1) is 11.1. The Morgan fingerprint density at radius 2 is 2.00 bits per heavy atom. The molecule has 1 N–H and O–H groups in total. The number of ether oxygens (including phenoxy) is 2. The Bertz CT molecular complexity index is 629. The molecule has 1 heterocycles. The maximum absolute atomic E-state index is 12.1. The van der Waals surface area contributed by atoms with E-state index in [1.165, 1.54) is 4.88 Å². The van der Waals surface area contributed by atoms with Crippen LogP contribution in [0.25, 0.3) is 0 Å². The summed E-state index contributed by atoms with van der Waals surface area (Å²) in [4.78, 5) is 15.0. The number of rotatable bonds is 7. The lowest BCUT2D eigenvalue weighted by Gasteiger charge is -2.19. The lowest BCUT2D eigenvalue weighted by atomic mass is 10.2. The first-order valence-corrected chi connectivity index (χ1v) is 8.24. The van der Waals surface area contributed by atoms with Crippen molar-refractivity contribution in [3.8, 4) is 11.5 Å². The summed E-state index contributed by atoms with van der Waals surface area (Å²) >= 11 is 1.70. The molecule has 0 radical (unpaired) electrons. The number of nitrogens with one attached hydrogen (secondary N) is 1. The summed E-state index contributed by atoms with van der Waals surface area (Å²) < 4.78 is 10.5. The zero-order valence-electron chi connectivity index (χ0n) is 13.7. The number of thiophene rings is 1. The van der Waals surface area contributed by atoms with Crippen molar-refractivity contribution >= 4 is 17.4 Å². The van der Waals surface area contributed by atoms with E-state index in [0.717, 1.165) is 12.0 Å². The molecular weight excluding hydrogens is 312 g/mol. The van der Waals surface area contributed by atoms with Gasteiger partial charge in [-0.25, -0.2) is 4.79 Å². The Kier molecular flexibility index (Phi) is 6.29. The molecule has 23 heavy (non-hydrogen) atoms. The number of urea groups is 1. The Morgan fingerprint density at radius 3 is 2.65 bits per heavy atom. The Hall–Kier alpha value is -2.21. The fourth-order valence-corrected chi connectivity index (χ4v) is 2.92. The van der Waals surface area contributed by atoms with E-state index in [4.69, 9.17) is 9.47 Å². The number of benzene rings is 1. The molecule has 0 aliphatic heterocycles. The molecule has 2 rings (SSSR count). The minimum Gasteiger partial charge on any atom is -0.493 e. The van der Waals surface area contributed by atoms with Crippen molar-refractivity contribution in [2.75, 3.05) is 27.8 Å². The van der Waals surface area contributed by atoms with Gasteiger partial charge in [-0.3, -0.25) is 0 Å². The van der Waals surface area contributed by atoms with Crippen LogP contribution < -0.4 is 14.8 Å². The predicted molar refractivity (Wildman–Crippen MR) is 92.4 cm³/mol. The Morgan fingerprint density at radius 1 is 1.22 bits per heavy atom. The minimum absolute atomic E-state index is 0.0867. The molecule has 0 saturated heterocycles. The van der Waals surface area contributed by atoms with Crippen LogP contribution in [0.5, 0.6) is 11.5 Å². The number of hydrogen-bond acceptors (Lipinski definition) is 4. The van der Waals surface area contributed by atoms with Crippen molar-refractivity contribution in [2.24, 2.45) is 0 Å². The number of carbonyl (C=O) groups excluding carboxylic acids is 1. The van der Waals surface area contributed by atoms with E-state index < -0.39 is 0 Å². The summed E-state index contributed by atoms with van der Waals surface area (Å²) in [5.74, 6) is 1.34. The summed E-state index contributed by atoms with van der Waals surface area (Å²) in [6.07, 6.45) is 0.855. The maximum atomic E-state index is 12.1. The normalized spacial score (nSPS) is 10.2. The molecule has 0 unspecified atom stereocenters. The van der Waals surface area contributed by atoms with Crippen molar-refractivity contribution in [2.45, 2.75) is 13.0 Å². The second-order valence-electron chi connectivity index (χ2n) is 5.11. The van der Waals surface area contributed by atoms with Crippen LogP contribution in [-0.4, -0.2) is 38.7 Å². The average molecular weight is 334 g/mol. The van der Waals surface area contributed by atoms with Crippen molar-refractivity contribution in [3.05, 3.63) is 46.2 Å². The molecule has 1 aromatic heterocycles. The van der Waals surface area contributed by atoms with Gasteiger partial charge in [0.1, 0.15) is 0 Å². The lowest BCUT2D eigenvalue weighted by Crippen LogP contribution is -2.37. The van der Waals surface area contributed by atoms with Crippen molar-refractivity contribution in [1.29, 1.82) is 0 Å². The van der Waals surface area contributed by atoms with Crippen molar-refractivity contribution < 1.29 is 14.3 Å². The fraction of sp³-hybridized carbons (Fsp3) is 0.353. The summed E-state index contributed by atoms with van der Waals surface area (Å²) in [5.41, 5.74) is 0.985. The van der Waals surface area contributed by atoms with Crippen LogP contribution in [0.1, 0.15) is 10.4 Å². The van der Waals surface area contributed by atoms with Gasteiger partial charge in [-0.1, -0.05) is 12.1 Å². The smallest absolute Gasteiger partial charge is 0.317 e. The monoisotopic (exact) mass is 334 g/mol. The van der Waals surface area contributed by atoms with E-state index in [0.29, 0.717) is 24.6 Å². The highest BCUT2D eigenvalue weighted by atomic mass is 32.1. The van der Waals surface area contributed by atoms with Gasteiger partial charge in [-0.05, 0) is 35.6 Å². The largest absolute Gasteiger partial charge is 0.493 e. The third kappa shape index (κ3) is 4.89. The summed E-state index contributed by atoms with van der Waals surface area (Å²) in [5, 5.41) is 4.97. The molecule has 0 aliphatic rings. The zero-order valence-corrected chi connectivity index (χ0v) is 14.5. The first kappa shape index (κ1) is 17.1. The minimum atomic E-state index is -0.0867. The summed E-state index contributed by atoms with van der Waals surface area (Å²) in [6.45, 7) is 1.14. The van der Waals surface area contributed by atoms with Crippen LogP contribution in [0.3, 0.4) is 0 Å². The Labute approximate surface area is 140 Å². The van der Waals surface area contributed by atoms with Gasteiger partial charge in [-0.15, -0.1) is 11.3 Å². The van der Waals surface area contributed by atoms with Gasteiger partial charge in [0, 0.05) is 25.0 Å². The quantitative estimate of drug-likeness (QED) is 0.846. The second kappa shape index (κ2) is 8.43. The second-order valence-corrected chi connectivity index (χ2v) is 6.14. The highest BCUT2D eigenvalue weighted by molar-refractivity contribution is 7.09. The van der Waals surface area contributed by atoms with Gasteiger partial charge in [0.15, 0.2) is 11.5 Å². The topological polar surface area (TPSA) is 50.8 Å². The number of methoxy groups -OCH3 is 2. The van der Waals surface area contributed by atoms with Gasteiger partial charge < -0.3 is 19.7 Å². The number of carbonyl (C=O) groups is 1. The first-order valence-electron chi connectivity index (χ1n) is 7.36. The molecule has 0 fully saturated rings. The highest BCUT2D eigenvalue weighted by Crippen LogP contribution is 2.27. The molecule has 0 atom stereocenters. The SMILES string of the molecule is COc1ccc(CN(C)C(=O)NCCc2cccs2)cc1OC. The van der Waals surface area contributed by atoms with Crippen LogP contribution in [0.15, 0.2) is 35.7 Å². The summed E-state index contributed by atoms with van der Waals surface area (Å²) in [6, 6.07) is 9.66. The molecule has 0 aliphatic carbocycles. The molecule has 1 aromatic carbocycles. The molecule has 0 saturated carbocycles. The summed E-state index contributed by atoms with van der Waals surface area (Å²) in [7, 11) is 4.98. The molecular formula is C17H22N2O3S. The van der Waals surface area contributed by atoms with E-state index in [-0.39, 0.29) is 6.03 Å². The third-order valence-electron chi connectivity index (χ3n) is 3.44. The van der Waals surface area contributed by atoms with Crippen molar-refractivity contribution in [3.63, 3.8) is 0 Å². The van der Waals surface area contributed by atoms with Crippen LogP contribution >= 0.6 is 11.3 Å². The fourth-order valence-electron chi connectivity index (χ4n) is 2.21. The molecule has 2 amide bonds. The van der Waals surface area contributed by atoms with E-state index in [1.807, 2.05) is 29.6 Å². The molecule has 6 heteroatoms. The number of nitrogens with zero attached hydrogens (tertiary/aromatic N) is 1. The molecule has 5 nitrogen and oxygen atoms in total. The van der Waals surface area contributed by atoms with E-state index in [2.05, 4.69) is 11.4 Å². The van der Waals surface area contributed by atoms with Gasteiger partial charge >= 0.3 is 6.03 Å². The zero-order chi connectivity index (χ0) is 16.7. The number of amides is 2. The highest BCUT2D eigenvalue weighted by Gasteiger charge is 2.11. The number of hydrogen-bond donors (Lipinski definition) is 1. The van der Waals surface area contributed by atoms with E-state index >= 15 is 0 Å². The van der Waals surface area contributed by atoms with Crippen LogP contribution in [0.4, 0.5) is 4.79 Å². The van der Waals surface area contributed by atoms with E-state index in [9.17, 15) is 4.79 Å². The third-order valence-corrected chi connectivity index (χ3v) is 4.38. The predicted octanol–water partition coefficient (Wildman–Crippen LogP) is 3.15.